The van der Waals surface area contributed by atoms with E-state index >= 15 is 0 Å². The molecule has 0 heterocycles. The molecule has 0 spiro atoms. The third kappa shape index (κ3) is 2.24. The molecule has 0 aromatic heterocycles. The number of rotatable bonds is 5. The van der Waals surface area contributed by atoms with E-state index in [-0.39, 0.29) is 0 Å². The Labute approximate surface area is 97.6 Å². The average Bonchev–Trinajstić information content (AvgIpc) is 3.18. The van der Waals surface area contributed by atoms with E-state index in [2.05, 4.69) is 17.3 Å². The molecule has 3 heteroatoms. The van der Waals surface area contributed by atoms with Gasteiger partial charge in [0.05, 0.1) is 0 Å². The summed E-state index contributed by atoms with van der Waals surface area (Å²) in [4.78, 5) is 14.2. The van der Waals surface area contributed by atoms with Gasteiger partial charge in [0, 0.05) is 25.0 Å². The Morgan fingerprint density at radius 3 is 2.56 bits per heavy atom. The SMILES string of the molecule is CN(CCNC(=O)C1CC2CC2C1)C1CC1. The van der Waals surface area contributed by atoms with Crippen LogP contribution in [-0.2, 0) is 4.79 Å². The highest BCUT2D eigenvalue weighted by molar-refractivity contribution is 5.79. The number of hydrogen-bond acceptors (Lipinski definition) is 2. The number of nitrogens with zero attached hydrogens (tertiary/aromatic N) is 1. The predicted molar refractivity (Wildman–Crippen MR) is 63.0 cm³/mol. The van der Waals surface area contributed by atoms with Crippen molar-refractivity contribution in [3.63, 3.8) is 0 Å². The van der Waals surface area contributed by atoms with Crippen LogP contribution < -0.4 is 5.32 Å². The Morgan fingerprint density at radius 1 is 1.25 bits per heavy atom. The molecule has 3 aliphatic carbocycles. The highest BCUT2D eigenvalue weighted by atomic mass is 16.1. The summed E-state index contributed by atoms with van der Waals surface area (Å²) in [5.74, 6) is 2.47. The molecule has 3 fully saturated rings. The van der Waals surface area contributed by atoms with Gasteiger partial charge in [-0.3, -0.25) is 4.79 Å². The van der Waals surface area contributed by atoms with Crippen LogP contribution in [0.5, 0.6) is 0 Å². The highest BCUT2D eigenvalue weighted by Gasteiger charge is 2.47. The Morgan fingerprint density at radius 2 is 1.94 bits per heavy atom. The Kier molecular flexibility index (Phi) is 2.66. The van der Waals surface area contributed by atoms with Gasteiger partial charge in [-0.2, -0.15) is 0 Å². The molecule has 0 aromatic carbocycles. The van der Waals surface area contributed by atoms with Crippen LogP contribution in [0.1, 0.15) is 32.1 Å². The topological polar surface area (TPSA) is 32.3 Å². The first-order chi connectivity index (χ1) is 7.74. The van der Waals surface area contributed by atoms with Crippen LogP contribution in [0.3, 0.4) is 0 Å². The van der Waals surface area contributed by atoms with Gasteiger partial charge in [-0.05, 0) is 51.0 Å². The molecule has 2 unspecified atom stereocenters. The van der Waals surface area contributed by atoms with Gasteiger partial charge >= 0.3 is 0 Å². The predicted octanol–water partition coefficient (Wildman–Crippen LogP) is 1.24. The van der Waals surface area contributed by atoms with Gasteiger partial charge < -0.3 is 10.2 Å². The van der Waals surface area contributed by atoms with Gasteiger partial charge in [-0.25, -0.2) is 0 Å². The van der Waals surface area contributed by atoms with Gasteiger partial charge in [0.1, 0.15) is 0 Å². The maximum Gasteiger partial charge on any atom is 0.223 e. The molecule has 3 saturated carbocycles. The maximum atomic E-state index is 11.8. The second-order valence-corrected chi connectivity index (χ2v) is 5.93. The van der Waals surface area contributed by atoms with Gasteiger partial charge in [0.25, 0.3) is 0 Å². The first-order valence-corrected chi connectivity index (χ1v) is 6.72. The zero-order valence-electron chi connectivity index (χ0n) is 10.1. The van der Waals surface area contributed by atoms with E-state index in [1.54, 1.807) is 0 Å². The number of carbonyl (C=O) groups excluding carboxylic acids is 1. The lowest BCUT2D eigenvalue weighted by Crippen LogP contribution is -2.36. The van der Waals surface area contributed by atoms with Crippen molar-refractivity contribution >= 4 is 5.91 Å². The molecule has 0 saturated heterocycles. The monoisotopic (exact) mass is 222 g/mol. The zero-order valence-corrected chi connectivity index (χ0v) is 10.1. The molecule has 3 nitrogen and oxygen atoms in total. The number of carbonyl (C=O) groups is 1. The zero-order chi connectivity index (χ0) is 11.1. The van der Waals surface area contributed by atoms with Crippen molar-refractivity contribution in [2.45, 2.75) is 38.1 Å². The quantitative estimate of drug-likeness (QED) is 0.759. The van der Waals surface area contributed by atoms with Crippen LogP contribution in [-0.4, -0.2) is 37.0 Å². The molecule has 3 aliphatic rings. The number of fused-ring (bicyclic) bond motifs is 1. The van der Waals surface area contributed by atoms with Crippen molar-refractivity contribution in [1.82, 2.24) is 10.2 Å². The van der Waals surface area contributed by atoms with Crippen LogP contribution in [0.15, 0.2) is 0 Å². The number of likely N-dealkylation sites (N-methyl/N-ethyl adjacent to an activating group) is 1. The Hall–Kier alpha value is -0.570. The minimum atomic E-state index is 0.316. The van der Waals surface area contributed by atoms with Crippen molar-refractivity contribution in [3.8, 4) is 0 Å². The van der Waals surface area contributed by atoms with Gasteiger partial charge in [-0.15, -0.1) is 0 Å². The molecule has 0 radical (unpaired) electrons. The fourth-order valence-electron chi connectivity index (χ4n) is 3.13. The van der Waals surface area contributed by atoms with Crippen molar-refractivity contribution < 1.29 is 4.79 Å². The lowest BCUT2D eigenvalue weighted by molar-refractivity contribution is -0.125. The minimum Gasteiger partial charge on any atom is -0.355 e. The largest absolute Gasteiger partial charge is 0.355 e. The standard InChI is InChI=1S/C13H22N2O/c1-15(12-2-3-12)5-4-14-13(16)11-7-9-6-10(9)8-11/h9-12H,2-8H2,1H3,(H,14,16). The summed E-state index contributed by atoms with van der Waals surface area (Å²) in [6, 6.07) is 0.802. The minimum absolute atomic E-state index is 0.316. The van der Waals surface area contributed by atoms with E-state index in [1.807, 2.05) is 0 Å². The summed E-state index contributed by atoms with van der Waals surface area (Å²) in [5, 5.41) is 3.10. The van der Waals surface area contributed by atoms with E-state index < -0.39 is 0 Å². The first-order valence-electron chi connectivity index (χ1n) is 6.72. The van der Waals surface area contributed by atoms with Gasteiger partial charge in [0.15, 0.2) is 0 Å². The summed E-state index contributed by atoms with van der Waals surface area (Å²) >= 11 is 0. The molecule has 90 valence electrons. The van der Waals surface area contributed by atoms with Crippen LogP contribution in [0.25, 0.3) is 0 Å². The first kappa shape index (κ1) is 10.6. The van der Waals surface area contributed by atoms with E-state index in [4.69, 9.17) is 0 Å². The van der Waals surface area contributed by atoms with E-state index in [9.17, 15) is 4.79 Å². The van der Waals surface area contributed by atoms with Crippen LogP contribution in [0.2, 0.25) is 0 Å². The van der Waals surface area contributed by atoms with Gasteiger partial charge in [0.2, 0.25) is 5.91 Å². The highest BCUT2D eigenvalue weighted by Crippen LogP contribution is 2.54. The van der Waals surface area contributed by atoms with Crippen molar-refractivity contribution in [2.75, 3.05) is 20.1 Å². The molecule has 2 atom stereocenters. The second-order valence-electron chi connectivity index (χ2n) is 5.93. The molecule has 1 N–H and O–H groups in total. The van der Waals surface area contributed by atoms with Crippen LogP contribution in [0.4, 0.5) is 0 Å². The van der Waals surface area contributed by atoms with Crippen LogP contribution in [0, 0.1) is 17.8 Å². The smallest absolute Gasteiger partial charge is 0.223 e. The normalized spacial score (nSPS) is 36.2. The number of hydrogen-bond donors (Lipinski definition) is 1. The van der Waals surface area contributed by atoms with Crippen LogP contribution >= 0.6 is 0 Å². The third-order valence-corrected chi connectivity index (χ3v) is 4.55. The molecule has 16 heavy (non-hydrogen) atoms. The molecule has 0 aliphatic heterocycles. The Bertz CT molecular complexity index is 278. The van der Waals surface area contributed by atoms with E-state index in [0.29, 0.717) is 11.8 Å². The maximum absolute atomic E-state index is 11.8. The summed E-state index contributed by atoms with van der Waals surface area (Å²) in [7, 11) is 2.16. The molecular weight excluding hydrogens is 200 g/mol. The van der Waals surface area contributed by atoms with E-state index in [0.717, 1.165) is 43.8 Å². The lowest BCUT2D eigenvalue weighted by atomic mass is 10.0. The lowest BCUT2D eigenvalue weighted by Gasteiger charge is -2.17. The van der Waals surface area contributed by atoms with Crippen molar-refractivity contribution in [1.29, 1.82) is 0 Å². The average molecular weight is 222 g/mol. The molecule has 0 bridgehead atoms. The van der Waals surface area contributed by atoms with E-state index in [1.165, 1.54) is 19.3 Å². The third-order valence-electron chi connectivity index (χ3n) is 4.55. The fourth-order valence-corrected chi connectivity index (χ4v) is 3.13. The molecule has 1 amide bonds. The second kappa shape index (κ2) is 4.02. The number of amides is 1. The van der Waals surface area contributed by atoms with Gasteiger partial charge in [-0.1, -0.05) is 0 Å². The summed E-state index contributed by atoms with van der Waals surface area (Å²) in [6.07, 6.45) is 6.41. The summed E-state index contributed by atoms with van der Waals surface area (Å²) in [5.41, 5.74) is 0. The summed E-state index contributed by atoms with van der Waals surface area (Å²) < 4.78 is 0. The van der Waals surface area contributed by atoms with Crippen molar-refractivity contribution in [3.05, 3.63) is 0 Å². The summed E-state index contributed by atoms with van der Waals surface area (Å²) in [6.45, 7) is 1.84. The van der Waals surface area contributed by atoms with Crippen molar-refractivity contribution in [2.24, 2.45) is 17.8 Å². The number of nitrogens with one attached hydrogen (secondary N) is 1. The molecular formula is C13H22N2O. The fraction of sp³-hybridized carbons (Fsp3) is 0.923. The molecule has 0 aromatic rings. The Balaban J connectivity index is 1.33. The molecule has 3 rings (SSSR count).